The average molecular weight is 485 g/mol. The number of sulfonamides is 1. The molecule has 0 radical (unpaired) electrons. The summed E-state index contributed by atoms with van der Waals surface area (Å²) in [6.45, 7) is 1.70. The molecule has 0 spiro atoms. The predicted molar refractivity (Wildman–Crippen MR) is 107 cm³/mol. The van der Waals surface area contributed by atoms with Crippen LogP contribution < -0.4 is 4.72 Å². The molecule has 148 valence electrons. The normalized spacial score (nSPS) is 13.4. The van der Waals surface area contributed by atoms with Crippen molar-refractivity contribution in [3.05, 3.63) is 65.2 Å². The van der Waals surface area contributed by atoms with Crippen molar-refractivity contribution >= 4 is 35.8 Å². The molecule has 1 atom stereocenters. The summed E-state index contributed by atoms with van der Waals surface area (Å²) in [5.41, 5.74) is 1.53. The van der Waals surface area contributed by atoms with Crippen LogP contribution in [-0.2, 0) is 19.9 Å². The minimum absolute atomic E-state index is 0.0686. The second-order valence-corrected chi connectivity index (χ2v) is 10.7. The number of rotatable bonds is 6. The van der Waals surface area contributed by atoms with Crippen LogP contribution >= 0.6 is 15.9 Å². The Balaban J connectivity index is 1.86. The molecule has 1 aromatic heterocycles. The van der Waals surface area contributed by atoms with Gasteiger partial charge in [-0.25, -0.2) is 31.2 Å². The van der Waals surface area contributed by atoms with Crippen LogP contribution in [0.1, 0.15) is 18.5 Å². The third-order valence-corrected chi connectivity index (χ3v) is 7.67. The minimum atomic E-state index is -3.96. The quantitative estimate of drug-likeness (QED) is 0.575. The fraction of sp³-hybridized carbons (Fsp3) is 0.176. The molecule has 1 unspecified atom stereocenters. The Morgan fingerprint density at radius 2 is 1.75 bits per heavy atom. The molecule has 1 N–H and O–H groups in total. The van der Waals surface area contributed by atoms with Crippen molar-refractivity contribution in [1.29, 1.82) is 0 Å². The maximum atomic E-state index is 12.8. The molecular weight excluding hydrogens is 468 g/mol. The lowest BCUT2D eigenvalue weighted by Gasteiger charge is -2.16. The summed E-state index contributed by atoms with van der Waals surface area (Å²) in [6, 6.07) is 10.5. The highest BCUT2D eigenvalue weighted by Crippen LogP contribution is 2.27. The van der Waals surface area contributed by atoms with Gasteiger partial charge in [-0.3, -0.25) is 0 Å². The van der Waals surface area contributed by atoms with Gasteiger partial charge < -0.3 is 0 Å². The Kier molecular flexibility index (Phi) is 5.71. The van der Waals surface area contributed by atoms with Crippen LogP contribution in [0.3, 0.4) is 0 Å². The number of sulfone groups is 1. The fourth-order valence-electron chi connectivity index (χ4n) is 2.54. The number of benzene rings is 2. The Labute approximate surface area is 171 Å². The third-order valence-electron chi connectivity index (χ3n) is 4.03. The molecular formula is C17H17BrN4O4S2. The van der Waals surface area contributed by atoms with Gasteiger partial charge in [-0.05, 0) is 58.7 Å². The summed E-state index contributed by atoms with van der Waals surface area (Å²) in [6.07, 6.45) is 4.01. The average Bonchev–Trinajstić information content (AvgIpc) is 3.15. The van der Waals surface area contributed by atoms with E-state index in [9.17, 15) is 16.8 Å². The van der Waals surface area contributed by atoms with Gasteiger partial charge >= 0.3 is 0 Å². The third kappa shape index (κ3) is 4.49. The van der Waals surface area contributed by atoms with Crippen LogP contribution in [0, 0.1) is 0 Å². The molecule has 1 heterocycles. The molecule has 0 aliphatic carbocycles. The first-order valence-corrected chi connectivity index (χ1v) is 12.2. The second kappa shape index (κ2) is 7.74. The van der Waals surface area contributed by atoms with Crippen molar-refractivity contribution in [1.82, 2.24) is 19.5 Å². The summed E-state index contributed by atoms with van der Waals surface area (Å²) >= 11 is 3.18. The number of nitrogens with one attached hydrogen (secondary N) is 1. The topological polar surface area (TPSA) is 111 Å². The van der Waals surface area contributed by atoms with E-state index in [1.165, 1.54) is 18.5 Å². The van der Waals surface area contributed by atoms with E-state index in [4.69, 9.17) is 0 Å². The van der Waals surface area contributed by atoms with Crippen molar-refractivity contribution in [2.75, 3.05) is 6.26 Å². The van der Waals surface area contributed by atoms with E-state index in [0.29, 0.717) is 0 Å². The van der Waals surface area contributed by atoms with E-state index in [2.05, 4.69) is 30.7 Å². The molecule has 0 saturated heterocycles. The molecule has 8 nitrogen and oxygen atoms in total. The molecule has 2 aromatic carbocycles. The van der Waals surface area contributed by atoms with Crippen LogP contribution in [0.15, 0.2) is 69.4 Å². The summed E-state index contributed by atoms with van der Waals surface area (Å²) in [5.74, 6) is 0. The summed E-state index contributed by atoms with van der Waals surface area (Å²) in [4.78, 5) is 3.68. The second-order valence-electron chi connectivity index (χ2n) is 6.14. The van der Waals surface area contributed by atoms with Gasteiger partial charge in [-0.2, -0.15) is 5.10 Å². The van der Waals surface area contributed by atoms with Crippen molar-refractivity contribution in [3.8, 4) is 5.69 Å². The van der Waals surface area contributed by atoms with E-state index in [1.807, 2.05) is 0 Å². The number of halogens is 1. The lowest BCUT2D eigenvalue weighted by molar-refractivity contribution is 0.566. The number of nitrogens with zero attached hydrogens (tertiary/aromatic N) is 3. The van der Waals surface area contributed by atoms with Crippen molar-refractivity contribution < 1.29 is 16.8 Å². The van der Waals surface area contributed by atoms with Crippen molar-refractivity contribution in [3.63, 3.8) is 0 Å². The first-order chi connectivity index (χ1) is 13.1. The maximum absolute atomic E-state index is 12.8. The highest BCUT2D eigenvalue weighted by molar-refractivity contribution is 9.10. The highest BCUT2D eigenvalue weighted by atomic mass is 79.9. The van der Waals surface area contributed by atoms with Crippen molar-refractivity contribution in [2.45, 2.75) is 22.8 Å². The predicted octanol–water partition coefficient (Wildman–Crippen LogP) is 2.47. The highest BCUT2D eigenvalue weighted by Gasteiger charge is 2.23. The molecule has 0 saturated carbocycles. The van der Waals surface area contributed by atoms with Gasteiger partial charge in [-0.15, -0.1) is 0 Å². The van der Waals surface area contributed by atoms with E-state index >= 15 is 0 Å². The molecule has 0 aliphatic rings. The summed E-state index contributed by atoms with van der Waals surface area (Å²) in [5, 5.41) is 4.04. The molecule has 0 aliphatic heterocycles. The zero-order chi connectivity index (χ0) is 20.5. The van der Waals surface area contributed by atoms with Crippen LogP contribution in [0.4, 0.5) is 0 Å². The Bertz CT molecular complexity index is 1190. The van der Waals surface area contributed by atoms with Gasteiger partial charge in [0.05, 0.1) is 15.5 Å². The van der Waals surface area contributed by atoms with Crippen LogP contribution in [0.25, 0.3) is 5.69 Å². The van der Waals surface area contributed by atoms with Crippen LogP contribution in [0.2, 0.25) is 0 Å². The largest absolute Gasteiger partial charge is 0.242 e. The van der Waals surface area contributed by atoms with Gasteiger partial charge in [0.1, 0.15) is 12.7 Å². The SMILES string of the molecule is CC(NS(=O)(=O)c1cc(S(C)(=O)=O)ccc1Br)c1ccc(-n2cncn2)cc1. The number of hydrogen-bond acceptors (Lipinski definition) is 6. The van der Waals surface area contributed by atoms with Gasteiger partial charge in [0.25, 0.3) is 0 Å². The van der Waals surface area contributed by atoms with Gasteiger partial charge in [0, 0.05) is 16.8 Å². The smallest absolute Gasteiger partial charge is 0.224 e. The molecule has 28 heavy (non-hydrogen) atoms. The van der Waals surface area contributed by atoms with Gasteiger partial charge in [-0.1, -0.05) is 12.1 Å². The molecule has 11 heteroatoms. The zero-order valence-corrected chi connectivity index (χ0v) is 18.2. The summed E-state index contributed by atoms with van der Waals surface area (Å²) < 4.78 is 53.6. The first kappa shape index (κ1) is 20.6. The minimum Gasteiger partial charge on any atom is -0.224 e. The summed E-state index contributed by atoms with van der Waals surface area (Å²) in [7, 11) is -7.50. The Morgan fingerprint density at radius 1 is 1.07 bits per heavy atom. The Hall–Kier alpha value is -2.08. The van der Waals surface area contributed by atoms with E-state index < -0.39 is 25.9 Å². The lowest BCUT2D eigenvalue weighted by atomic mass is 10.1. The molecule has 0 bridgehead atoms. The molecule has 3 rings (SSSR count). The molecule has 0 fully saturated rings. The standard InChI is InChI=1S/C17H17BrN4O4S2/c1-12(13-3-5-14(6-4-13)22-11-19-10-20-22)21-28(25,26)17-9-15(27(2,23)24)7-8-16(17)18/h3-12,21H,1-2H3. The molecule has 3 aromatic rings. The fourth-order valence-corrected chi connectivity index (χ4v) is 5.48. The van der Waals surface area contributed by atoms with Crippen LogP contribution in [-0.4, -0.2) is 37.9 Å². The number of hydrogen-bond donors (Lipinski definition) is 1. The lowest BCUT2D eigenvalue weighted by Crippen LogP contribution is -2.27. The number of aromatic nitrogens is 3. The zero-order valence-electron chi connectivity index (χ0n) is 14.9. The van der Waals surface area contributed by atoms with E-state index in [-0.39, 0.29) is 14.3 Å². The molecule has 0 amide bonds. The van der Waals surface area contributed by atoms with Crippen LogP contribution in [0.5, 0.6) is 0 Å². The van der Waals surface area contributed by atoms with Crippen molar-refractivity contribution in [2.24, 2.45) is 0 Å². The van der Waals surface area contributed by atoms with Gasteiger partial charge in [0.15, 0.2) is 9.84 Å². The monoisotopic (exact) mass is 484 g/mol. The maximum Gasteiger partial charge on any atom is 0.242 e. The van der Waals surface area contributed by atoms with Gasteiger partial charge in [0.2, 0.25) is 10.0 Å². The Morgan fingerprint density at radius 3 is 2.32 bits per heavy atom. The van der Waals surface area contributed by atoms with E-state index in [0.717, 1.165) is 23.6 Å². The van der Waals surface area contributed by atoms with E-state index in [1.54, 1.807) is 42.2 Å². The first-order valence-electron chi connectivity index (χ1n) is 8.05.